The molecule has 1 aromatic rings. The summed E-state index contributed by atoms with van der Waals surface area (Å²) in [4.78, 5) is 28.2. The van der Waals surface area contributed by atoms with Crippen molar-refractivity contribution in [3.63, 3.8) is 0 Å². The van der Waals surface area contributed by atoms with E-state index in [9.17, 15) is 9.59 Å². The van der Waals surface area contributed by atoms with E-state index >= 15 is 0 Å². The first-order chi connectivity index (χ1) is 8.97. The summed E-state index contributed by atoms with van der Waals surface area (Å²) in [5.41, 5.74) is 0.274. The van der Waals surface area contributed by atoms with Crippen LogP contribution in [0.15, 0.2) is 12.1 Å². The summed E-state index contributed by atoms with van der Waals surface area (Å²) in [5, 5.41) is 9.10. The molecule has 1 unspecified atom stereocenters. The largest absolute Gasteiger partial charge is 0.479 e. The van der Waals surface area contributed by atoms with Crippen molar-refractivity contribution in [1.29, 1.82) is 0 Å². The van der Waals surface area contributed by atoms with Crippen LogP contribution in [0.25, 0.3) is 0 Å². The van der Waals surface area contributed by atoms with Crippen LogP contribution in [0.5, 0.6) is 0 Å². The topological polar surface area (TPSA) is 79.7 Å². The van der Waals surface area contributed by atoms with Crippen molar-refractivity contribution in [3.8, 4) is 0 Å². The summed E-state index contributed by atoms with van der Waals surface area (Å²) in [6.45, 7) is 0.487. The van der Waals surface area contributed by atoms with Gasteiger partial charge in [-0.1, -0.05) is 23.2 Å². The molecule has 0 bridgehead atoms. The molecule has 1 amide bonds. The number of carboxylic acids is 1. The van der Waals surface area contributed by atoms with Crippen LogP contribution in [-0.4, -0.2) is 52.7 Å². The minimum atomic E-state index is -1.09. The normalized spacial score (nSPS) is 19.3. The fourth-order valence-corrected chi connectivity index (χ4v) is 2.21. The molecule has 1 atom stereocenters. The van der Waals surface area contributed by atoms with E-state index in [1.54, 1.807) is 0 Å². The molecule has 1 aliphatic heterocycles. The number of nitrogens with zero attached hydrogens (tertiary/aromatic N) is 2. The van der Waals surface area contributed by atoms with Crippen molar-refractivity contribution in [3.05, 3.63) is 28.0 Å². The molecule has 2 heterocycles. The second kappa shape index (κ2) is 5.73. The smallest absolute Gasteiger partial charge is 0.334 e. The minimum Gasteiger partial charge on any atom is -0.479 e. The van der Waals surface area contributed by atoms with Gasteiger partial charge in [-0.2, -0.15) is 0 Å². The minimum absolute atomic E-state index is 0.00821. The zero-order chi connectivity index (χ0) is 14.0. The number of morpholine rings is 1. The van der Waals surface area contributed by atoms with Crippen LogP contribution in [-0.2, 0) is 9.53 Å². The van der Waals surface area contributed by atoms with Gasteiger partial charge in [0.1, 0.15) is 10.3 Å². The number of carbonyl (C=O) groups is 2. The maximum atomic E-state index is 12.2. The molecule has 2 rings (SSSR count). The molecule has 19 heavy (non-hydrogen) atoms. The number of pyridine rings is 1. The molecule has 1 aromatic heterocycles. The Morgan fingerprint density at radius 3 is 2.58 bits per heavy atom. The van der Waals surface area contributed by atoms with E-state index in [0.29, 0.717) is 6.54 Å². The number of ether oxygens (including phenoxy) is 1. The number of hydrogen-bond acceptors (Lipinski definition) is 4. The zero-order valence-corrected chi connectivity index (χ0v) is 11.2. The summed E-state index contributed by atoms with van der Waals surface area (Å²) in [6.07, 6.45) is -1.01. The van der Waals surface area contributed by atoms with Crippen LogP contribution in [0.1, 0.15) is 10.4 Å². The maximum Gasteiger partial charge on any atom is 0.334 e. The first-order valence-corrected chi connectivity index (χ1v) is 6.20. The van der Waals surface area contributed by atoms with E-state index in [0.717, 1.165) is 0 Å². The second-order valence-corrected chi connectivity index (χ2v) is 4.72. The standard InChI is InChI=1S/C11H10Cl2N2O4/c12-8-3-6(4-9(13)14-8)10(16)15-1-2-19-7(5-15)11(17)18/h3-4,7H,1-2,5H2,(H,17,18). The van der Waals surface area contributed by atoms with Gasteiger partial charge in [0.2, 0.25) is 0 Å². The van der Waals surface area contributed by atoms with Crippen molar-refractivity contribution in [2.24, 2.45) is 0 Å². The molecule has 0 aliphatic carbocycles. The molecule has 102 valence electrons. The van der Waals surface area contributed by atoms with E-state index in [4.69, 9.17) is 33.0 Å². The molecular formula is C11H10Cl2N2O4. The Balaban J connectivity index is 2.16. The van der Waals surface area contributed by atoms with Crippen molar-refractivity contribution in [2.45, 2.75) is 6.10 Å². The number of carboxylic acid groups (broad SMARTS) is 1. The molecule has 1 saturated heterocycles. The molecule has 8 heteroatoms. The Hall–Kier alpha value is -1.37. The fraction of sp³-hybridized carbons (Fsp3) is 0.364. The van der Waals surface area contributed by atoms with E-state index in [1.165, 1.54) is 17.0 Å². The van der Waals surface area contributed by atoms with Gasteiger partial charge in [0.05, 0.1) is 13.2 Å². The Bertz CT molecular complexity index is 503. The van der Waals surface area contributed by atoms with Gasteiger partial charge in [-0.3, -0.25) is 4.79 Å². The lowest BCUT2D eigenvalue weighted by Crippen LogP contribution is -2.48. The Morgan fingerprint density at radius 2 is 2.00 bits per heavy atom. The number of aromatic nitrogens is 1. The molecule has 1 aliphatic rings. The van der Waals surface area contributed by atoms with Gasteiger partial charge >= 0.3 is 5.97 Å². The van der Waals surface area contributed by atoms with Gasteiger partial charge in [0.15, 0.2) is 6.10 Å². The highest BCUT2D eigenvalue weighted by Gasteiger charge is 2.29. The monoisotopic (exact) mass is 304 g/mol. The van der Waals surface area contributed by atoms with E-state index in [1.807, 2.05) is 0 Å². The molecule has 0 spiro atoms. The number of carbonyl (C=O) groups excluding carboxylic acids is 1. The van der Waals surface area contributed by atoms with Gasteiger partial charge in [-0.25, -0.2) is 9.78 Å². The van der Waals surface area contributed by atoms with Crippen LogP contribution < -0.4 is 0 Å². The van der Waals surface area contributed by atoms with Gasteiger partial charge in [0.25, 0.3) is 5.91 Å². The van der Waals surface area contributed by atoms with E-state index < -0.39 is 12.1 Å². The Morgan fingerprint density at radius 1 is 1.37 bits per heavy atom. The third-order valence-electron chi connectivity index (χ3n) is 2.64. The van der Waals surface area contributed by atoms with Crippen LogP contribution in [0.2, 0.25) is 10.3 Å². The molecule has 0 aromatic carbocycles. The molecular weight excluding hydrogens is 295 g/mol. The number of halogens is 2. The number of rotatable bonds is 2. The van der Waals surface area contributed by atoms with Gasteiger partial charge in [-0.15, -0.1) is 0 Å². The average Bonchev–Trinajstić information content (AvgIpc) is 2.37. The second-order valence-electron chi connectivity index (χ2n) is 3.95. The summed E-state index contributed by atoms with van der Waals surface area (Å²) < 4.78 is 5.05. The lowest BCUT2D eigenvalue weighted by atomic mass is 10.2. The highest BCUT2D eigenvalue weighted by atomic mass is 35.5. The molecule has 1 fully saturated rings. The fourth-order valence-electron chi connectivity index (χ4n) is 1.75. The lowest BCUT2D eigenvalue weighted by molar-refractivity contribution is -0.154. The van der Waals surface area contributed by atoms with Crippen molar-refractivity contribution < 1.29 is 19.4 Å². The molecule has 1 N–H and O–H groups in total. The maximum absolute atomic E-state index is 12.2. The van der Waals surface area contributed by atoms with Crippen molar-refractivity contribution in [2.75, 3.05) is 19.7 Å². The predicted molar refractivity (Wildman–Crippen MR) is 67.5 cm³/mol. The van der Waals surface area contributed by atoms with E-state index in [2.05, 4.69) is 4.98 Å². The zero-order valence-electron chi connectivity index (χ0n) is 9.68. The molecule has 6 nitrogen and oxygen atoms in total. The first-order valence-electron chi connectivity index (χ1n) is 5.44. The summed E-state index contributed by atoms with van der Waals surface area (Å²) in [6, 6.07) is 2.78. The highest BCUT2D eigenvalue weighted by Crippen LogP contribution is 2.17. The van der Waals surface area contributed by atoms with Gasteiger partial charge < -0.3 is 14.7 Å². The summed E-state index contributed by atoms with van der Waals surface area (Å²) in [7, 11) is 0. The van der Waals surface area contributed by atoms with Crippen molar-refractivity contribution in [1.82, 2.24) is 9.88 Å². The third-order valence-corrected chi connectivity index (χ3v) is 3.03. The summed E-state index contributed by atoms with van der Waals surface area (Å²) >= 11 is 11.5. The highest BCUT2D eigenvalue weighted by molar-refractivity contribution is 6.33. The number of hydrogen-bond donors (Lipinski definition) is 1. The predicted octanol–water partition coefficient (Wildman–Crippen LogP) is 1.31. The third kappa shape index (κ3) is 3.34. The quantitative estimate of drug-likeness (QED) is 0.833. The first kappa shape index (κ1) is 14.0. The van der Waals surface area contributed by atoms with Gasteiger partial charge in [0, 0.05) is 12.1 Å². The lowest BCUT2D eigenvalue weighted by Gasteiger charge is -2.30. The molecule has 0 radical (unpaired) electrons. The van der Waals surface area contributed by atoms with Crippen LogP contribution in [0, 0.1) is 0 Å². The van der Waals surface area contributed by atoms with Gasteiger partial charge in [-0.05, 0) is 12.1 Å². The summed E-state index contributed by atoms with van der Waals surface area (Å²) in [5.74, 6) is -1.44. The van der Waals surface area contributed by atoms with E-state index in [-0.39, 0.29) is 34.9 Å². The number of aliphatic carboxylic acids is 1. The Labute approximate surface area is 118 Å². The number of amides is 1. The SMILES string of the molecule is O=C(O)C1CN(C(=O)c2cc(Cl)nc(Cl)c2)CCO1. The van der Waals surface area contributed by atoms with Crippen LogP contribution in [0.4, 0.5) is 0 Å². The van der Waals surface area contributed by atoms with Crippen LogP contribution >= 0.6 is 23.2 Å². The van der Waals surface area contributed by atoms with Crippen molar-refractivity contribution >= 4 is 35.1 Å². The Kier molecular flexibility index (Phi) is 4.24. The average molecular weight is 305 g/mol. The van der Waals surface area contributed by atoms with Crippen LogP contribution in [0.3, 0.4) is 0 Å². The molecule has 0 saturated carbocycles.